The molecule has 0 saturated carbocycles. The van der Waals surface area contributed by atoms with E-state index in [1.165, 1.54) is 37.2 Å². The Morgan fingerprint density at radius 1 is 1.12 bits per heavy atom. The maximum Gasteiger partial charge on any atom is 0.0340 e. The second-order valence-electron chi connectivity index (χ2n) is 5.45. The van der Waals surface area contributed by atoms with E-state index in [1.54, 1.807) is 0 Å². The first kappa shape index (κ1) is 12.4. The summed E-state index contributed by atoms with van der Waals surface area (Å²) in [6.07, 6.45) is 2.74. The van der Waals surface area contributed by atoms with Crippen molar-refractivity contribution in [1.82, 2.24) is 4.90 Å². The lowest BCUT2D eigenvalue weighted by Crippen LogP contribution is -2.18. The summed E-state index contributed by atoms with van der Waals surface area (Å²) < 4.78 is 0. The fourth-order valence-corrected chi connectivity index (χ4v) is 2.25. The van der Waals surface area contributed by atoms with Crippen LogP contribution in [0.4, 0.5) is 5.69 Å². The van der Waals surface area contributed by atoms with Gasteiger partial charge in [-0.1, -0.05) is 26.0 Å². The number of rotatable bonds is 5. The molecule has 0 amide bonds. The van der Waals surface area contributed by atoms with Gasteiger partial charge in [0.05, 0.1) is 0 Å². The topological polar surface area (TPSA) is 15.3 Å². The Balaban J connectivity index is 1.84. The maximum absolute atomic E-state index is 3.45. The lowest BCUT2D eigenvalue weighted by Gasteiger charge is -2.15. The van der Waals surface area contributed by atoms with E-state index in [-0.39, 0.29) is 0 Å². The SMILES string of the molecule is CC(C)CNc1ccc(CN2CCCC2)cc1. The van der Waals surface area contributed by atoms with E-state index >= 15 is 0 Å². The van der Waals surface area contributed by atoms with E-state index in [4.69, 9.17) is 0 Å². The summed E-state index contributed by atoms with van der Waals surface area (Å²) in [5.41, 5.74) is 2.67. The molecule has 0 aromatic heterocycles. The summed E-state index contributed by atoms with van der Waals surface area (Å²) in [4.78, 5) is 2.54. The van der Waals surface area contributed by atoms with Crippen molar-refractivity contribution in [2.75, 3.05) is 25.0 Å². The molecule has 0 radical (unpaired) electrons. The van der Waals surface area contributed by atoms with E-state index in [1.807, 2.05) is 0 Å². The molecule has 0 aliphatic carbocycles. The second kappa shape index (κ2) is 6.06. The molecule has 0 atom stereocenters. The van der Waals surface area contributed by atoms with E-state index in [2.05, 4.69) is 48.3 Å². The maximum atomic E-state index is 3.45. The van der Waals surface area contributed by atoms with Crippen LogP contribution < -0.4 is 5.32 Å². The molecule has 2 rings (SSSR count). The molecule has 1 aromatic carbocycles. The largest absolute Gasteiger partial charge is 0.385 e. The Hall–Kier alpha value is -1.02. The molecule has 2 nitrogen and oxygen atoms in total. The van der Waals surface area contributed by atoms with Crippen LogP contribution >= 0.6 is 0 Å². The number of hydrogen-bond donors (Lipinski definition) is 1. The highest BCUT2D eigenvalue weighted by Crippen LogP contribution is 2.15. The lowest BCUT2D eigenvalue weighted by molar-refractivity contribution is 0.331. The summed E-state index contributed by atoms with van der Waals surface area (Å²) in [5, 5.41) is 3.45. The van der Waals surface area contributed by atoms with Gasteiger partial charge >= 0.3 is 0 Å². The van der Waals surface area contributed by atoms with E-state index < -0.39 is 0 Å². The number of benzene rings is 1. The molecule has 1 aromatic rings. The highest BCUT2D eigenvalue weighted by molar-refractivity contribution is 5.44. The van der Waals surface area contributed by atoms with Crippen LogP contribution in [0.3, 0.4) is 0 Å². The minimum atomic E-state index is 0.694. The summed E-state index contributed by atoms with van der Waals surface area (Å²) >= 11 is 0. The zero-order valence-electron chi connectivity index (χ0n) is 11.1. The van der Waals surface area contributed by atoms with Crippen molar-refractivity contribution in [2.45, 2.75) is 33.2 Å². The van der Waals surface area contributed by atoms with Crippen molar-refractivity contribution in [3.8, 4) is 0 Å². The molecule has 1 saturated heterocycles. The zero-order chi connectivity index (χ0) is 12.1. The van der Waals surface area contributed by atoms with Crippen molar-refractivity contribution in [2.24, 2.45) is 5.92 Å². The van der Waals surface area contributed by atoms with Gasteiger partial charge in [-0.15, -0.1) is 0 Å². The van der Waals surface area contributed by atoms with E-state index in [9.17, 15) is 0 Å². The number of nitrogens with one attached hydrogen (secondary N) is 1. The molecule has 0 unspecified atom stereocenters. The number of hydrogen-bond acceptors (Lipinski definition) is 2. The summed E-state index contributed by atoms with van der Waals surface area (Å²) in [6.45, 7) is 9.17. The van der Waals surface area contributed by atoms with Crippen LogP contribution in [0.2, 0.25) is 0 Å². The average Bonchev–Trinajstić information content (AvgIpc) is 2.81. The molecule has 0 bridgehead atoms. The second-order valence-corrected chi connectivity index (χ2v) is 5.45. The number of likely N-dealkylation sites (tertiary alicyclic amines) is 1. The van der Waals surface area contributed by atoms with Crippen LogP contribution in [-0.2, 0) is 6.54 Å². The van der Waals surface area contributed by atoms with Crippen molar-refractivity contribution in [1.29, 1.82) is 0 Å². The first-order valence-electron chi connectivity index (χ1n) is 6.79. The third-order valence-electron chi connectivity index (χ3n) is 3.27. The quantitative estimate of drug-likeness (QED) is 0.837. The predicted molar refractivity (Wildman–Crippen MR) is 74.3 cm³/mol. The normalized spacial score (nSPS) is 16.6. The van der Waals surface area contributed by atoms with E-state index in [0.717, 1.165) is 13.1 Å². The fourth-order valence-electron chi connectivity index (χ4n) is 2.25. The Morgan fingerprint density at radius 3 is 2.35 bits per heavy atom. The Bertz CT molecular complexity index is 323. The smallest absolute Gasteiger partial charge is 0.0340 e. The summed E-state index contributed by atoms with van der Waals surface area (Å²) in [7, 11) is 0. The standard InChI is InChI=1S/C15H24N2/c1-13(2)11-16-15-7-5-14(6-8-15)12-17-9-3-4-10-17/h5-8,13,16H,3-4,9-12H2,1-2H3. The van der Waals surface area contributed by atoms with Gasteiger partial charge in [-0.2, -0.15) is 0 Å². The van der Waals surface area contributed by atoms with Crippen molar-refractivity contribution in [3.63, 3.8) is 0 Å². The molecule has 1 N–H and O–H groups in total. The molecule has 1 aliphatic rings. The van der Waals surface area contributed by atoms with Crippen LogP contribution in [0.25, 0.3) is 0 Å². The minimum absolute atomic E-state index is 0.694. The Morgan fingerprint density at radius 2 is 1.76 bits per heavy atom. The molecule has 2 heteroatoms. The highest BCUT2D eigenvalue weighted by atomic mass is 15.1. The van der Waals surface area contributed by atoms with Crippen molar-refractivity contribution < 1.29 is 0 Å². The van der Waals surface area contributed by atoms with Gasteiger partial charge in [-0.3, -0.25) is 4.90 Å². The van der Waals surface area contributed by atoms with Gasteiger partial charge in [0.2, 0.25) is 0 Å². The first-order valence-corrected chi connectivity index (χ1v) is 6.79. The third kappa shape index (κ3) is 4.04. The van der Waals surface area contributed by atoms with Crippen LogP contribution in [0.1, 0.15) is 32.3 Å². The Kier molecular flexibility index (Phi) is 4.43. The monoisotopic (exact) mass is 232 g/mol. The van der Waals surface area contributed by atoms with Crippen molar-refractivity contribution in [3.05, 3.63) is 29.8 Å². The number of nitrogens with zero attached hydrogens (tertiary/aromatic N) is 1. The summed E-state index contributed by atoms with van der Waals surface area (Å²) in [6, 6.07) is 8.91. The predicted octanol–water partition coefficient (Wildman–Crippen LogP) is 3.35. The van der Waals surface area contributed by atoms with Gasteiger partial charge in [0, 0.05) is 18.8 Å². The van der Waals surface area contributed by atoms with Crippen LogP contribution in [0.5, 0.6) is 0 Å². The first-order chi connectivity index (χ1) is 8.24. The lowest BCUT2D eigenvalue weighted by atomic mass is 10.2. The molecule has 0 spiro atoms. The average molecular weight is 232 g/mol. The van der Waals surface area contributed by atoms with Gasteiger partial charge in [0.25, 0.3) is 0 Å². The molecule has 1 aliphatic heterocycles. The highest BCUT2D eigenvalue weighted by Gasteiger charge is 2.11. The van der Waals surface area contributed by atoms with Crippen LogP contribution in [0, 0.1) is 5.92 Å². The number of anilines is 1. The molecular formula is C15H24N2. The molecule has 1 heterocycles. The van der Waals surface area contributed by atoms with Gasteiger partial charge in [0.1, 0.15) is 0 Å². The van der Waals surface area contributed by atoms with Gasteiger partial charge in [-0.05, 0) is 49.5 Å². The van der Waals surface area contributed by atoms with Gasteiger partial charge < -0.3 is 5.32 Å². The minimum Gasteiger partial charge on any atom is -0.385 e. The van der Waals surface area contributed by atoms with Crippen LogP contribution in [-0.4, -0.2) is 24.5 Å². The van der Waals surface area contributed by atoms with Gasteiger partial charge in [0.15, 0.2) is 0 Å². The molecule has 17 heavy (non-hydrogen) atoms. The summed E-state index contributed by atoms with van der Waals surface area (Å²) in [5.74, 6) is 0.694. The van der Waals surface area contributed by atoms with Crippen molar-refractivity contribution >= 4 is 5.69 Å². The fraction of sp³-hybridized carbons (Fsp3) is 0.600. The zero-order valence-corrected chi connectivity index (χ0v) is 11.1. The molecule has 94 valence electrons. The van der Waals surface area contributed by atoms with Crippen LogP contribution in [0.15, 0.2) is 24.3 Å². The molecular weight excluding hydrogens is 208 g/mol. The third-order valence-corrected chi connectivity index (χ3v) is 3.27. The molecule has 1 fully saturated rings. The van der Waals surface area contributed by atoms with E-state index in [0.29, 0.717) is 5.92 Å². The Labute approximate surface area is 105 Å². The van der Waals surface area contributed by atoms with Gasteiger partial charge in [-0.25, -0.2) is 0 Å².